The Labute approximate surface area is 66.4 Å². The summed E-state index contributed by atoms with van der Waals surface area (Å²) in [5.41, 5.74) is 0. The zero-order valence-corrected chi connectivity index (χ0v) is 6.46. The summed E-state index contributed by atoms with van der Waals surface area (Å²) >= 11 is 6.91. The van der Waals surface area contributed by atoms with Crippen LogP contribution in [0.3, 0.4) is 0 Å². The Hall–Kier alpha value is -0.540. The Morgan fingerprint density at radius 1 is 1.70 bits per heavy atom. The van der Waals surface area contributed by atoms with E-state index in [0.717, 1.165) is 0 Å². The Morgan fingerprint density at radius 2 is 2.50 bits per heavy atom. The van der Waals surface area contributed by atoms with E-state index in [0.29, 0.717) is 15.0 Å². The topological polar surface area (TPSA) is 26.3 Å². The summed E-state index contributed by atoms with van der Waals surface area (Å²) in [6.45, 7) is 0.179. The number of halogens is 1. The molecule has 2 heterocycles. The van der Waals surface area contributed by atoms with E-state index >= 15 is 0 Å². The molecular weight excluding hydrogens is 172 g/mol. The van der Waals surface area contributed by atoms with Crippen LogP contribution >= 0.6 is 22.9 Å². The van der Waals surface area contributed by atoms with E-state index in [9.17, 15) is 4.79 Å². The molecule has 1 aliphatic heterocycles. The molecule has 0 fully saturated rings. The molecular formula is C6H3ClO2S. The Kier molecular flexibility index (Phi) is 1.22. The second-order valence-corrected chi connectivity index (χ2v) is 3.64. The van der Waals surface area contributed by atoms with Crippen LogP contribution in [0, 0.1) is 0 Å². The van der Waals surface area contributed by atoms with Crippen molar-refractivity contribution in [3.63, 3.8) is 0 Å². The van der Waals surface area contributed by atoms with Gasteiger partial charge in [-0.15, -0.1) is 11.3 Å². The van der Waals surface area contributed by atoms with Crippen LogP contribution in [0.4, 0.5) is 0 Å². The lowest BCUT2D eigenvalue weighted by atomic mass is 10.4. The Bertz CT molecular complexity index is 292. The van der Waals surface area contributed by atoms with Crippen molar-refractivity contribution in [1.29, 1.82) is 0 Å². The van der Waals surface area contributed by atoms with Crippen LogP contribution in [-0.4, -0.2) is 12.4 Å². The van der Waals surface area contributed by atoms with Crippen LogP contribution < -0.4 is 4.74 Å². The molecule has 0 unspecified atom stereocenters. The van der Waals surface area contributed by atoms with E-state index in [1.165, 1.54) is 11.3 Å². The minimum atomic E-state index is 0.0342. The molecule has 0 N–H and O–H groups in total. The standard InChI is InChI=1S/C6H3ClO2S/c7-5-1-4-6(10-5)3(8)2-9-4/h1H,2H2. The molecule has 2 nitrogen and oxygen atoms in total. The molecule has 2 rings (SSSR count). The highest BCUT2D eigenvalue weighted by molar-refractivity contribution is 7.18. The van der Waals surface area contributed by atoms with Crippen LogP contribution in [0.25, 0.3) is 0 Å². The van der Waals surface area contributed by atoms with Gasteiger partial charge in [-0.2, -0.15) is 0 Å². The number of thiophene rings is 1. The van der Waals surface area contributed by atoms with Gasteiger partial charge in [-0.25, -0.2) is 0 Å². The van der Waals surface area contributed by atoms with Crippen LogP contribution in [0.15, 0.2) is 6.07 Å². The average Bonchev–Trinajstić information content (AvgIpc) is 2.35. The van der Waals surface area contributed by atoms with Crippen molar-refractivity contribution in [3.05, 3.63) is 15.3 Å². The largest absolute Gasteiger partial charge is 0.484 e. The van der Waals surface area contributed by atoms with E-state index in [1.54, 1.807) is 6.07 Å². The summed E-state index contributed by atoms with van der Waals surface area (Å²) in [7, 11) is 0. The van der Waals surface area contributed by atoms with Crippen molar-refractivity contribution in [2.24, 2.45) is 0 Å². The zero-order valence-electron chi connectivity index (χ0n) is 4.89. The molecule has 4 heteroatoms. The predicted molar refractivity (Wildman–Crippen MR) is 39.2 cm³/mol. The van der Waals surface area contributed by atoms with Crippen LogP contribution in [0.2, 0.25) is 4.34 Å². The van der Waals surface area contributed by atoms with E-state index in [4.69, 9.17) is 16.3 Å². The molecule has 1 aromatic rings. The smallest absolute Gasteiger partial charge is 0.213 e. The van der Waals surface area contributed by atoms with Gasteiger partial charge < -0.3 is 4.74 Å². The molecule has 0 atom stereocenters. The maximum absolute atomic E-state index is 10.9. The molecule has 1 aromatic heterocycles. The molecule has 0 saturated heterocycles. The van der Waals surface area contributed by atoms with E-state index in [-0.39, 0.29) is 12.4 Å². The van der Waals surface area contributed by atoms with Crippen LogP contribution in [0.5, 0.6) is 5.75 Å². The fourth-order valence-electron chi connectivity index (χ4n) is 0.856. The number of ketones is 1. The molecule has 0 bridgehead atoms. The highest BCUT2D eigenvalue weighted by Gasteiger charge is 2.23. The van der Waals surface area contributed by atoms with Gasteiger partial charge in [0.2, 0.25) is 5.78 Å². The molecule has 1 aliphatic rings. The van der Waals surface area contributed by atoms with Gasteiger partial charge in [-0.3, -0.25) is 4.79 Å². The average molecular weight is 175 g/mol. The summed E-state index contributed by atoms with van der Waals surface area (Å²) in [6.07, 6.45) is 0. The number of fused-ring (bicyclic) bond motifs is 1. The SMILES string of the molecule is O=C1COc2cc(Cl)sc21. The van der Waals surface area contributed by atoms with Crippen LogP contribution in [-0.2, 0) is 0 Å². The monoisotopic (exact) mass is 174 g/mol. The highest BCUT2D eigenvalue weighted by atomic mass is 35.5. The molecule has 0 saturated carbocycles. The fraction of sp³-hybridized carbons (Fsp3) is 0.167. The van der Waals surface area contributed by atoms with Crippen molar-refractivity contribution in [2.45, 2.75) is 0 Å². The maximum atomic E-state index is 10.9. The van der Waals surface area contributed by atoms with Crippen molar-refractivity contribution in [1.82, 2.24) is 0 Å². The van der Waals surface area contributed by atoms with Crippen molar-refractivity contribution in [3.8, 4) is 5.75 Å². The number of hydrogen-bond donors (Lipinski definition) is 0. The van der Waals surface area contributed by atoms with Gasteiger partial charge in [0.15, 0.2) is 6.61 Å². The van der Waals surface area contributed by atoms with Gasteiger partial charge in [-0.1, -0.05) is 11.6 Å². The molecule has 0 spiro atoms. The van der Waals surface area contributed by atoms with Crippen molar-refractivity contribution in [2.75, 3.05) is 6.61 Å². The van der Waals surface area contributed by atoms with Gasteiger partial charge in [0, 0.05) is 6.07 Å². The third-order valence-electron chi connectivity index (χ3n) is 1.28. The summed E-state index contributed by atoms with van der Waals surface area (Å²) in [4.78, 5) is 11.6. The maximum Gasteiger partial charge on any atom is 0.213 e. The lowest BCUT2D eigenvalue weighted by Crippen LogP contribution is -1.98. The number of hydrogen-bond acceptors (Lipinski definition) is 3. The zero-order chi connectivity index (χ0) is 7.14. The fourth-order valence-corrected chi connectivity index (χ4v) is 1.94. The molecule has 0 radical (unpaired) electrons. The molecule has 0 amide bonds. The van der Waals surface area contributed by atoms with Crippen LogP contribution in [0.1, 0.15) is 9.67 Å². The molecule has 52 valence electrons. The second-order valence-electron chi connectivity index (χ2n) is 1.96. The minimum Gasteiger partial charge on any atom is -0.484 e. The van der Waals surface area contributed by atoms with E-state index in [2.05, 4.69) is 0 Å². The van der Waals surface area contributed by atoms with E-state index in [1.807, 2.05) is 0 Å². The Morgan fingerprint density at radius 3 is 3.20 bits per heavy atom. The summed E-state index contributed by atoms with van der Waals surface area (Å²) in [5.74, 6) is 0.673. The normalized spacial score (nSPS) is 15.1. The summed E-state index contributed by atoms with van der Waals surface area (Å²) in [6, 6.07) is 1.67. The van der Waals surface area contributed by atoms with Crippen molar-refractivity contribution < 1.29 is 9.53 Å². The first-order valence-electron chi connectivity index (χ1n) is 2.73. The molecule has 0 aromatic carbocycles. The van der Waals surface area contributed by atoms with Crippen molar-refractivity contribution >= 4 is 28.7 Å². The first-order chi connectivity index (χ1) is 4.77. The Balaban J connectivity index is 2.59. The number of carbonyl (C=O) groups is 1. The first-order valence-corrected chi connectivity index (χ1v) is 3.92. The lowest BCUT2D eigenvalue weighted by molar-refractivity contribution is 0.0963. The van der Waals surface area contributed by atoms with Gasteiger partial charge in [0.05, 0.1) is 4.34 Å². The van der Waals surface area contributed by atoms with E-state index < -0.39 is 0 Å². The van der Waals surface area contributed by atoms with Gasteiger partial charge >= 0.3 is 0 Å². The third-order valence-corrected chi connectivity index (χ3v) is 2.57. The molecule has 0 aliphatic carbocycles. The third kappa shape index (κ3) is 0.744. The lowest BCUT2D eigenvalue weighted by Gasteiger charge is -1.86. The number of Topliss-reactive ketones (excluding diaryl/α,β-unsaturated/α-hetero) is 1. The van der Waals surface area contributed by atoms with Gasteiger partial charge in [0.25, 0.3) is 0 Å². The highest BCUT2D eigenvalue weighted by Crippen LogP contribution is 2.36. The second kappa shape index (κ2) is 1.97. The first kappa shape index (κ1) is 6.19. The predicted octanol–water partition coefficient (Wildman–Crippen LogP) is 1.98. The number of ether oxygens (including phenoxy) is 1. The minimum absolute atomic E-state index is 0.0342. The summed E-state index contributed by atoms with van der Waals surface area (Å²) < 4.78 is 5.62. The summed E-state index contributed by atoms with van der Waals surface area (Å²) in [5, 5.41) is 0. The molecule has 10 heavy (non-hydrogen) atoms. The van der Waals surface area contributed by atoms with Gasteiger partial charge in [-0.05, 0) is 0 Å². The quantitative estimate of drug-likeness (QED) is 0.601. The number of rotatable bonds is 0. The van der Waals surface area contributed by atoms with Gasteiger partial charge in [0.1, 0.15) is 10.6 Å². The number of carbonyl (C=O) groups excluding carboxylic acids is 1.